The monoisotopic (exact) mass is 494 g/mol. The molecule has 0 radical (unpaired) electrons. The molecule has 6 heteroatoms. The van der Waals surface area contributed by atoms with Gasteiger partial charge in [0.15, 0.2) is 0 Å². The van der Waals surface area contributed by atoms with Crippen molar-refractivity contribution in [3.05, 3.63) is 101 Å². The standard InChI is InChI=1S/C28H31ClN2O2S/c1-28(2,3)30-27(33)25(18-21-10-6-4-7-11-21)31(19-22-14-16-23(29)17-15-22)26(32)20-34-24-12-8-5-9-13-24/h4-17,25H,18-20H2,1-3H3,(H,30,33). The smallest absolute Gasteiger partial charge is 0.243 e. The number of carbonyl (C=O) groups is 2. The highest BCUT2D eigenvalue weighted by Gasteiger charge is 2.32. The van der Waals surface area contributed by atoms with Gasteiger partial charge in [-0.25, -0.2) is 0 Å². The Morgan fingerprint density at radius 2 is 1.47 bits per heavy atom. The molecule has 1 N–H and O–H groups in total. The minimum atomic E-state index is -0.652. The minimum Gasteiger partial charge on any atom is -0.350 e. The van der Waals surface area contributed by atoms with Gasteiger partial charge in [0.2, 0.25) is 11.8 Å². The molecule has 2 amide bonds. The summed E-state index contributed by atoms with van der Waals surface area (Å²) in [6.45, 7) is 6.16. The Labute approximate surface area is 211 Å². The second-order valence-corrected chi connectivity index (χ2v) is 10.7. The van der Waals surface area contributed by atoms with Crippen LogP contribution in [0.15, 0.2) is 89.8 Å². The topological polar surface area (TPSA) is 49.4 Å². The second-order valence-electron chi connectivity index (χ2n) is 9.19. The molecule has 178 valence electrons. The zero-order valence-electron chi connectivity index (χ0n) is 19.8. The third kappa shape index (κ3) is 8.23. The third-order valence-electron chi connectivity index (χ3n) is 5.14. The predicted molar refractivity (Wildman–Crippen MR) is 141 cm³/mol. The number of nitrogens with zero attached hydrogens (tertiary/aromatic N) is 1. The molecule has 4 nitrogen and oxygen atoms in total. The van der Waals surface area contributed by atoms with Crippen molar-refractivity contribution in [1.29, 1.82) is 0 Å². The zero-order chi connectivity index (χ0) is 24.6. The van der Waals surface area contributed by atoms with Crippen molar-refractivity contribution in [2.45, 2.75) is 50.2 Å². The van der Waals surface area contributed by atoms with E-state index in [1.807, 2.05) is 93.6 Å². The number of hydrogen-bond acceptors (Lipinski definition) is 3. The van der Waals surface area contributed by atoms with Gasteiger partial charge in [-0.15, -0.1) is 11.8 Å². The summed E-state index contributed by atoms with van der Waals surface area (Å²) in [4.78, 5) is 29.8. The summed E-state index contributed by atoms with van der Waals surface area (Å²) in [7, 11) is 0. The van der Waals surface area contributed by atoms with Gasteiger partial charge in [0.1, 0.15) is 6.04 Å². The number of rotatable bonds is 9. The molecule has 0 aliphatic heterocycles. The maximum atomic E-state index is 13.6. The number of thioether (sulfide) groups is 1. The summed E-state index contributed by atoms with van der Waals surface area (Å²) in [6, 6.07) is 26.4. The highest BCUT2D eigenvalue weighted by atomic mass is 35.5. The molecular weight excluding hydrogens is 464 g/mol. The number of amides is 2. The fourth-order valence-electron chi connectivity index (χ4n) is 3.54. The highest BCUT2D eigenvalue weighted by Crippen LogP contribution is 2.22. The molecule has 3 aromatic carbocycles. The normalized spacial score (nSPS) is 12.1. The molecule has 3 aromatic rings. The van der Waals surface area contributed by atoms with Crippen molar-refractivity contribution in [3.63, 3.8) is 0 Å². The number of carbonyl (C=O) groups excluding carboxylic acids is 2. The van der Waals surface area contributed by atoms with E-state index in [-0.39, 0.29) is 17.6 Å². The van der Waals surface area contributed by atoms with E-state index in [1.54, 1.807) is 17.0 Å². The van der Waals surface area contributed by atoms with Crippen LogP contribution in [0.5, 0.6) is 0 Å². The number of nitrogens with one attached hydrogen (secondary N) is 1. The molecular formula is C28H31ClN2O2S. The van der Waals surface area contributed by atoms with Gasteiger partial charge in [-0.2, -0.15) is 0 Å². The largest absolute Gasteiger partial charge is 0.350 e. The molecule has 1 atom stereocenters. The van der Waals surface area contributed by atoms with Gasteiger partial charge in [-0.05, 0) is 56.2 Å². The average Bonchev–Trinajstić information content (AvgIpc) is 2.81. The Hall–Kier alpha value is -2.76. The first-order chi connectivity index (χ1) is 16.2. The van der Waals surface area contributed by atoms with Gasteiger partial charge in [0, 0.05) is 28.4 Å². The van der Waals surface area contributed by atoms with Crippen LogP contribution >= 0.6 is 23.4 Å². The van der Waals surface area contributed by atoms with Crippen LogP contribution in [-0.4, -0.2) is 34.0 Å². The van der Waals surface area contributed by atoms with Crippen LogP contribution in [0.2, 0.25) is 5.02 Å². The number of halogens is 1. The fourth-order valence-corrected chi connectivity index (χ4v) is 4.47. The molecule has 0 aliphatic rings. The summed E-state index contributed by atoms with van der Waals surface area (Å²) < 4.78 is 0. The molecule has 0 aromatic heterocycles. The molecule has 34 heavy (non-hydrogen) atoms. The lowest BCUT2D eigenvalue weighted by Crippen LogP contribution is -2.54. The zero-order valence-corrected chi connectivity index (χ0v) is 21.4. The van der Waals surface area contributed by atoms with E-state index in [2.05, 4.69) is 5.32 Å². The van der Waals surface area contributed by atoms with Gasteiger partial charge >= 0.3 is 0 Å². The van der Waals surface area contributed by atoms with E-state index in [0.29, 0.717) is 18.0 Å². The van der Waals surface area contributed by atoms with E-state index in [9.17, 15) is 9.59 Å². The van der Waals surface area contributed by atoms with E-state index in [1.165, 1.54) is 11.8 Å². The van der Waals surface area contributed by atoms with E-state index in [4.69, 9.17) is 11.6 Å². The molecule has 3 rings (SSSR count). The lowest BCUT2D eigenvalue weighted by Gasteiger charge is -2.34. The molecule has 0 fully saturated rings. The Morgan fingerprint density at radius 1 is 0.882 bits per heavy atom. The van der Waals surface area contributed by atoms with Gasteiger partial charge in [0.05, 0.1) is 5.75 Å². The van der Waals surface area contributed by atoms with Crippen LogP contribution in [0.25, 0.3) is 0 Å². The molecule has 1 unspecified atom stereocenters. The van der Waals surface area contributed by atoms with Gasteiger partial charge in [-0.1, -0.05) is 72.3 Å². The third-order valence-corrected chi connectivity index (χ3v) is 6.39. The second kappa shape index (κ2) is 12.1. The molecule has 0 saturated heterocycles. The van der Waals surface area contributed by atoms with Gasteiger partial charge in [-0.3, -0.25) is 9.59 Å². The SMILES string of the molecule is CC(C)(C)NC(=O)C(Cc1ccccc1)N(Cc1ccc(Cl)cc1)C(=O)CSc1ccccc1. The first-order valence-electron chi connectivity index (χ1n) is 11.3. The maximum Gasteiger partial charge on any atom is 0.243 e. The summed E-state index contributed by atoms with van der Waals surface area (Å²) >= 11 is 7.55. The first-order valence-corrected chi connectivity index (χ1v) is 12.7. The van der Waals surface area contributed by atoms with Crippen LogP contribution in [-0.2, 0) is 22.6 Å². The first kappa shape index (κ1) is 25.9. The molecule has 0 saturated carbocycles. The van der Waals surface area contributed by atoms with E-state index in [0.717, 1.165) is 16.0 Å². The van der Waals surface area contributed by atoms with Crippen LogP contribution in [0.3, 0.4) is 0 Å². The summed E-state index contributed by atoms with van der Waals surface area (Å²) in [6.07, 6.45) is 0.429. The molecule has 0 bridgehead atoms. The molecule has 0 aliphatic carbocycles. The van der Waals surface area contributed by atoms with Crippen molar-refractivity contribution < 1.29 is 9.59 Å². The van der Waals surface area contributed by atoms with Crippen molar-refractivity contribution in [2.75, 3.05) is 5.75 Å². The molecule has 0 heterocycles. The summed E-state index contributed by atoms with van der Waals surface area (Å²) in [5.41, 5.74) is 1.50. The Kier molecular flexibility index (Phi) is 9.20. The summed E-state index contributed by atoms with van der Waals surface area (Å²) in [5, 5.41) is 3.71. The summed E-state index contributed by atoms with van der Waals surface area (Å²) in [5.74, 6) is -0.0109. The van der Waals surface area contributed by atoms with Crippen LogP contribution in [0.1, 0.15) is 31.9 Å². The Balaban J connectivity index is 1.91. The van der Waals surface area contributed by atoms with Crippen LogP contribution in [0, 0.1) is 0 Å². The van der Waals surface area contributed by atoms with E-state index >= 15 is 0 Å². The van der Waals surface area contributed by atoms with Gasteiger partial charge in [0.25, 0.3) is 0 Å². The quantitative estimate of drug-likeness (QED) is 0.372. The van der Waals surface area contributed by atoms with Gasteiger partial charge < -0.3 is 10.2 Å². The van der Waals surface area contributed by atoms with Crippen molar-refractivity contribution >= 4 is 35.2 Å². The van der Waals surface area contributed by atoms with Crippen molar-refractivity contribution in [2.24, 2.45) is 0 Å². The Morgan fingerprint density at radius 3 is 2.06 bits per heavy atom. The fraction of sp³-hybridized carbons (Fsp3) is 0.286. The van der Waals surface area contributed by atoms with Crippen LogP contribution < -0.4 is 5.32 Å². The maximum absolute atomic E-state index is 13.6. The van der Waals surface area contributed by atoms with Crippen molar-refractivity contribution in [1.82, 2.24) is 10.2 Å². The van der Waals surface area contributed by atoms with Crippen LogP contribution in [0.4, 0.5) is 0 Å². The Bertz CT molecular complexity index is 1070. The van der Waals surface area contributed by atoms with Crippen molar-refractivity contribution in [3.8, 4) is 0 Å². The van der Waals surface area contributed by atoms with E-state index < -0.39 is 11.6 Å². The lowest BCUT2D eigenvalue weighted by molar-refractivity contribution is -0.140. The lowest BCUT2D eigenvalue weighted by atomic mass is 10.0. The number of benzene rings is 3. The molecule has 0 spiro atoms. The minimum absolute atomic E-state index is 0.0891. The predicted octanol–water partition coefficient (Wildman–Crippen LogP) is 5.99. The highest BCUT2D eigenvalue weighted by molar-refractivity contribution is 8.00. The average molecular weight is 495 g/mol. The number of hydrogen-bond donors (Lipinski definition) is 1.